The van der Waals surface area contributed by atoms with Gasteiger partial charge in [0.1, 0.15) is 0 Å². The summed E-state index contributed by atoms with van der Waals surface area (Å²) in [6.07, 6.45) is 0. The number of halogens is 1. The molecule has 0 aliphatic heterocycles. The molecule has 0 aliphatic carbocycles. The second-order valence-corrected chi connectivity index (χ2v) is 7.09. The molecular formula is C11H11IOSe. The van der Waals surface area contributed by atoms with Crippen LogP contribution in [-0.2, 0) is 5.60 Å². The summed E-state index contributed by atoms with van der Waals surface area (Å²) in [5.41, 5.74) is -0.671. The molecule has 1 aromatic carbocycles. The molecular weight excluding hydrogens is 354 g/mol. The summed E-state index contributed by atoms with van der Waals surface area (Å²) >= 11 is 2.64. The molecule has 0 radical (unpaired) electrons. The van der Waals surface area contributed by atoms with E-state index in [1.807, 2.05) is 13.8 Å². The van der Waals surface area contributed by atoms with Crippen molar-refractivity contribution >= 4 is 46.7 Å². The molecule has 0 bridgehead atoms. The number of benzene rings is 1. The summed E-state index contributed by atoms with van der Waals surface area (Å²) < 4.78 is 3.83. The number of rotatable bonds is 1. The second kappa shape index (κ2) is 3.63. The molecule has 0 saturated heterocycles. The van der Waals surface area contributed by atoms with E-state index in [4.69, 9.17) is 0 Å². The predicted octanol–water partition coefficient (Wildman–Crippen LogP) is 2.73. The van der Waals surface area contributed by atoms with Gasteiger partial charge in [0, 0.05) is 0 Å². The molecule has 2 aromatic rings. The van der Waals surface area contributed by atoms with Crippen molar-refractivity contribution in [3.63, 3.8) is 0 Å². The van der Waals surface area contributed by atoms with Crippen LogP contribution in [-0.4, -0.2) is 19.6 Å². The van der Waals surface area contributed by atoms with Gasteiger partial charge < -0.3 is 0 Å². The monoisotopic (exact) mass is 366 g/mol. The van der Waals surface area contributed by atoms with Gasteiger partial charge >= 0.3 is 104 Å². The van der Waals surface area contributed by atoms with E-state index in [9.17, 15) is 5.11 Å². The fourth-order valence-electron chi connectivity index (χ4n) is 1.41. The summed E-state index contributed by atoms with van der Waals surface area (Å²) in [6.45, 7) is 3.74. The van der Waals surface area contributed by atoms with Gasteiger partial charge in [-0.25, -0.2) is 0 Å². The molecule has 1 heterocycles. The first-order valence-electron chi connectivity index (χ1n) is 4.40. The molecule has 0 amide bonds. The van der Waals surface area contributed by atoms with Crippen LogP contribution < -0.4 is 0 Å². The number of hydrogen-bond donors (Lipinski definition) is 1. The average molecular weight is 365 g/mol. The maximum atomic E-state index is 10.0. The van der Waals surface area contributed by atoms with Crippen LogP contribution in [0.1, 0.15) is 18.3 Å². The molecule has 14 heavy (non-hydrogen) atoms. The molecule has 1 aromatic heterocycles. The van der Waals surface area contributed by atoms with Crippen LogP contribution in [0.5, 0.6) is 0 Å². The van der Waals surface area contributed by atoms with Gasteiger partial charge in [0.2, 0.25) is 0 Å². The third-order valence-corrected chi connectivity index (χ3v) is 7.15. The Morgan fingerprint density at radius 1 is 1.29 bits per heavy atom. The first-order valence-corrected chi connectivity index (χ1v) is 7.19. The molecule has 0 fully saturated rings. The molecule has 2 rings (SSSR count). The summed E-state index contributed by atoms with van der Waals surface area (Å²) in [5, 5.41) is 11.3. The SMILES string of the molecule is CC(C)(O)c1[se]c2ccccc2c1I. The Hall–Kier alpha value is 0.169. The van der Waals surface area contributed by atoms with Crippen LogP contribution in [0.3, 0.4) is 0 Å². The molecule has 1 N–H and O–H groups in total. The summed E-state index contributed by atoms with van der Waals surface area (Å²) in [6, 6.07) is 8.42. The van der Waals surface area contributed by atoms with E-state index < -0.39 is 5.60 Å². The van der Waals surface area contributed by atoms with Crippen LogP contribution in [0.2, 0.25) is 0 Å². The van der Waals surface area contributed by atoms with Crippen molar-refractivity contribution in [3.8, 4) is 0 Å². The van der Waals surface area contributed by atoms with Crippen molar-refractivity contribution in [2.75, 3.05) is 0 Å². The third kappa shape index (κ3) is 1.78. The van der Waals surface area contributed by atoms with Crippen LogP contribution in [0.25, 0.3) is 9.65 Å². The van der Waals surface area contributed by atoms with E-state index >= 15 is 0 Å². The maximum absolute atomic E-state index is 10.0. The first kappa shape index (κ1) is 10.7. The van der Waals surface area contributed by atoms with E-state index in [-0.39, 0.29) is 0 Å². The Balaban J connectivity index is 2.75. The minimum absolute atomic E-state index is 0.297. The van der Waals surface area contributed by atoms with Gasteiger partial charge in [0.15, 0.2) is 0 Å². The quantitative estimate of drug-likeness (QED) is 0.609. The van der Waals surface area contributed by atoms with Crippen LogP contribution in [0.4, 0.5) is 0 Å². The first-order chi connectivity index (χ1) is 6.50. The number of aliphatic hydroxyl groups is 1. The zero-order chi connectivity index (χ0) is 10.3. The van der Waals surface area contributed by atoms with E-state index in [1.54, 1.807) is 0 Å². The predicted molar refractivity (Wildman–Crippen MR) is 68.8 cm³/mol. The normalized spacial score (nSPS) is 12.3. The van der Waals surface area contributed by atoms with Crippen LogP contribution >= 0.6 is 22.6 Å². The number of hydrogen-bond acceptors (Lipinski definition) is 1. The molecule has 74 valence electrons. The standard InChI is InChI=1S/C11H11IOSe/c1-11(2,13)10-9(12)7-5-3-4-6-8(7)14-10/h3-6,13H,1-2H3. The van der Waals surface area contributed by atoms with Gasteiger partial charge in [-0.1, -0.05) is 0 Å². The van der Waals surface area contributed by atoms with Gasteiger partial charge in [-0.3, -0.25) is 0 Å². The van der Waals surface area contributed by atoms with Gasteiger partial charge in [0.25, 0.3) is 0 Å². The van der Waals surface area contributed by atoms with Crippen molar-refractivity contribution in [2.45, 2.75) is 19.4 Å². The van der Waals surface area contributed by atoms with Crippen molar-refractivity contribution < 1.29 is 5.11 Å². The van der Waals surface area contributed by atoms with Crippen molar-refractivity contribution in [1.29, 1.82) is 0 Å². The van der Waals surface area contributed by atoms with Crippen molar-refractivity contribution in [3.05, 3.63) is 32.3 Å². The van der Waals surface area contributed by atoms with E-state index in [0.717, 1.165) is 0 Å². The Kier molecular flexibility index (Phi) is 2.77. The molecule has 0 spiro atoms. The van der Waals surface area contributed by atoms with E-state index in [1.165, 1.54) is 17.7 Å². The van der Waals surface area contributed by atoms with Crippen LogP contribution in [0.15, 0.2) is 24.3 Å². The zero-order valence-corrected chi connectivity index (χ0v) is 11.9. The summed E-state index contributed by atoms with van der Waals surface area (Å²) in [7, 11) is 0. The van der Waals surface area contributed by atoms with Gasteiger partial charge in [0.05, 0.1) is 0 Å². The number of fused-ring (bicyclic) bond motifs is 1. The fourth-order valence-corrected chi connectivity index (χ4v) is 5.82. The van der Waals surface area contributed by atoms with Gasteiger partial charge in [-0.15, -0.1) is 0 Å². The summed E-state index contributed by atoms with van der Waals surface area (Å²) in [4.78, 5) is 0. The van der Waals surface area contributed by atoms with E-state index in [0.29, 0.717) is 14.5 Å². The summed E-state index contributed by atoms with van der Waals surface area (Å²) in [5.74, 6) is 0. The van der Waals surface area contributed by atoms with Crippen LogP contribution in [0, 0.1) is 3.57 Å². The minimum atomic E-state index is -0.671. The second-order valence-electron chi connectivity index (χ2n) is 3.80. The van der Waals surface area contributed by atoms with Crippen molar-refractivity contribution in [1.82, 2.24) is 0 Å². The molecule has 0 aliphatic rings. The zero-order valence-electron chi connectivity index (χ0n) is 8.04. The fraction of sp³-hybridized carbons (Fsp3) is 0.273. The van der Waals surface area contributed by atoms with Gasteiger partial charge in [-0.2, -0.15) is 0 Å². The molecule has 1 nitrogen and oxygen atoms in total. The molecule has 3 heteroatoms. The van der Waals surface area contributed by atoms with Crippen molar-refractivity contribution in [2.24, 2.45) is 0 Å². The molecule has 0 saturated carbocycles. The Morgan fingerprint density at radius 2 is 1.93 bits per heavy atom. The Labute approximate surface area is 103 Å². The van der Waals surface area contributed by atoms with E-state index in [2.05, 4.69) is 46.9 Å². The average Bonchev–Trinajstić information content (AvgIpc) is 2.44. The Morgan fingerprint density at radius 3 is 2.50 bits per heavy atom. The van der Waals surface area contributed by atoms with Gasteiger partial charge in [-0.05, 0) is 0 Å². The third-order valence-electron chi connectivity index (χ3n) is 2.09. The molecule has 0 unspecified atom stereocenters. The molecule has 0 atom stereocenters. The topological polar surface area (TPSA) is 20.2 Å². The Bertz CT molecular complexity index is 468.